The van der Waals surface area contributed by atoms with Gasteiger partial charge in [0.15, 0.2) is 0 Å². The van der Waals surface area contributed by atoms with E-state index in [0.717, 1.165) is 19.3 Å². The zero-order chi connectivity index (χ0) is 10.2. The fourth-order valence-corrected chi connectivity index (χ4v) is 1.50. The molecule has 1 unspecified atom stereocenters. The molecule has 0 aliphatic rings. The van der Waals surface area contributed by atoms with E-state index in [1.54, 1.807) is 0 Å². The maximum Gasteiger partial charge on any atom is 0.0460 e. The highest BCUT2D eigenvalue weighted by Gasteiger charge is 2.07. The molecule has 1 rings (SSSR count). The third kappa shape index (κ3) is 3.32. The first-order chi connectivity index (χ1) is 6.88. The molecule has 0 heterocycles. The summed E-state index contributed by atoms with van der Waals surface area (Å²) >= 11 is 0. The van der Waals surface area contributed by atoms with Gasteiger partial charge in [-0.15, -0.1) is 6.58 Å². The quantitative estimate of drug-likeness (QED) is 0.313. The van der Waals surface area contributed by atoms with Crippen LogP contribution in [0.5, 0.6) is 0 Å². The highest BCUT2D eigenvalue weighted by Crippen LogP contribution is 2.17. The Morgan fingerprint density at radius 3 is 2.64 bits per heavy atom. The van der Waals surface area contributed by atoms with E-state index in [0.29, 0.717) is 0 Å². The van der Waals surface area contributed by atoms with E-state index in [2.05, 4.69) is 24.1 Å². The van der Waals surface area contributed by atoms with E-state index in [1.165, 1.54) is 5.56 Å². The smallest absolute Gasteiger partial charge is 0.0460 e. The van der Waals surface area contributed by atoms with Crippen LogP contribution in [0.2, 0.25) is 0 Å². The van der Waals surface area contributed by atoms with Gasteiger partial charge in [0.1, 0.15) is 0 Å². The number of hydrogen-bond donors (Lipinski definition) is 2. The van der Waals surface area contributed by atoms with Crippen LogP contribution in [0, 0.1) is 0 Å². The summed E-state index contributed by atoms with van der Waals surface area (Å²) in [6.45, 7) is 3.70. The topological polar surface area (TPSA) is 38.0 Å². The van der Waals surface area contributed by atoms with Gasteiger partial charge in [-0.1, -0.05) is 36.4 Å². The molecule has 14 heavy (non-hydrogen) atoms. The van der Waals surface area contributed by atoms with E-state index < -0.39 is 0 Å². The van der Waals surface area contributed by atoms with Gasteiger partial charge in [-0.3, -0.25) is 11.3 Å². The highest BCUT2D eigenvalue weighted by atomic mass is 15.2. The number of rotatable bonds is 6. The molecule has 0 spiro atoms. The number of unbranched alkanes of at least 4 members (excludes halogenated alkanes) is 1. The minimum absolute atomic E-state index is 0.260. The van der Waals surface area contributed by atoms with Crippen LogP contribution in [0.1, 0.15) is 30.9 Å². The molecule has 0 aromatic heterocycles. The van der Waals surface area contributed by atoms with Crippen LogP contribution < -0.4 is 11.3 Å². The van der Waals surface area contributed by atoms with Gasteiger partial charge in [0.2, 0.25) is 0 Å². The number of hydrogen-bond acceptors (Lipinski definition) is 2. The highest BCUT2D eigenvalue weighted by molar-refractivity contribution is 5.18. The molecular weight excluding hydrogens is 172 g/mol. The van der Waals surface area contributed by atoms with Crippen molar-refractivity contribution in [3.8, 4) is 0 Å². The molecule has 0 aliphatic heterocycles. The largest absolute Gasteiger partial charge is 0.271 e. The van der Waals surface area contributed by atoms with Gasteiger partial charge in [0, 0.05) is 6.04 Å². The van der Waals surface area contributed by atoms with E-state index in [1.807, 2.05) is 24.3 Å². The summed E-state index contributed by atoms with van der Waals surface area (Å²) in [6.07, 6.45) is 5.16. The fourth-order valence-electron chi connectivity index (χ4n) is 1.50. The number of nitrogens with one attached hydrogen (secondary N) is 1. The van der Waals surface area contributed by atoms with Crippen molar-refractivity contribution in [3.63, 3.8) is 0 Å². The Hall–Kier alpha value is -1.12. The molecule has 76 valence electrons. The third-order valence-electron chi connectivity index (χ3n) is 2.30. The molecule has 1 aromatic rings. The molecule has 2 nitrogen and oxygen atoms in total. The Bertz CT molecular complexity index is 256. The standard InChI is InChI=1S/C12H18N2/c1-2-3-5-10-12(14-13)11-8-6-4-7-9-11/h2,4,6-9,12,14H,1,3,5,10,13H2. The summed E-state index contributed by atoms with van der Waals surface area (Å²) in [5, 5.41) is 0. The van der Waals surface area contributed by atoms with Crippen LogP contribution in [-0.2, 0) is 0 Å². The molecule has 3 N–H and O–H groups in total. The lowest BCUT2D eigenvalue weighted by Crippen LogP contribution is -2.27. The number of benzene rings is 1. The zero-order valence-corrected chi connectivity index (χ0v) is 8.45. The van der Waals surface area contributed by atoms with Crippen LogP contribution in [0.25, 0.3) is 0 Å². The van der Waals surface area contributed by atoms with Gasteiger partial charge < -0.3 is 0 Å². The summed E-state index contributed by atoms with van der Waals surface area (Å²) in [7, 11) is 0. The molecule has 0 bridgehead atoms. The molecule has 1 atom stereocenters. The predicted molar refractivity (Wildman–Crippen MR) is 60.6 cm³/mol. The Balaban J connectivity index is 2.50. The van der Waals surface area contributed by atoms with Crippen molar-refractivity contribution in [1.82, 2.24) is 5.43 Å². The third-order valence-corrected chi connectivity index (χ3v) is 2.30. The second kappa shape index (κ2) is 6.35. The SMILES string of the molecule is C=CCCCC(NN)c1ccccc1. The van der Waals surface area contributed by atoms with Crippen LogP contribution >= 0.6 is 0 Å². The van der Waals surface area contributed by atoms with E-state index in [9.17, 15) is 0 Å². The fraction of sp³-hybridized carbons (Fsp3) is 0.333. The first-order valence-electron chi connectivity index (χ1n) is 5.00. The predicted octanol–water partition coefficient (Wildman–Crippen LogP) is 2.55. The summed E-state index contributed by atoms with van der Waals surface area (Å²) in [5.74, 6) is 5.51. The van der Waals surface area contributed by atoms with Crippen LogP contribution in [0.4, 0.5) is 0 Å². The molecule has 0 saturated heterocycles. The molecule has 0 fully saturated rings. The lowest BCUT2D eigenvalue weighted by atomic mass is 10.0. The minimum atomic E-state index is 0.260. The van der Waals surface area contributed by atoms with Crippen molar-refractivity contribution in [2.24, 2.45) is 5.84 Å². The Morgan fingerprint density at radius 2 is 2.07 bits per heavy atom. The molecular formula is C12H18N2. The van der Waals surface area contributed by atoms with Gasteiger partial charge in [-0.25, -0.2) is 0 Å². The Labute approximate surface area is 85.8 Å². The average Bonchev–Trinajstić information content (AvgIpc) is 2.26. The normalized spacial score (nSPS) is 12.4. The second-order valence-corrected chi connectivity index (χ2v) is 3.35. The van der Waals surface area contributed by atoms with E-state index >= 15 is 0 Å². The molecule has 0 aliphatic carbocycles. The second-order valence-electron chi connectivity index (χ2n) is 3.35. The minimum Gasteiger partial charge on any atom is -0.271 e. The summed E-state index contributed by atoms with van der Waals surface area (Å²) < 4.78 is 0. The molecule has 0 radical (unpaired) electrons. The number of nitrogens with two attached hydrogens (primary N) is 1. The Morgan fingerprint density at radius 1 is 1.36 bits per heavy atom. The summed E-state index contributed by atoms with van der Waals surface area (Å²) in [6, 6.07) is 10.5. The maximum atomic E-state index is 5.51. The van der Waals surface area contributed by atoms with Crippen molar-refractivity contribution < 1.29 is 0 Å². The lowest BCUT2D eigenvalue weighted by molar-refractivity contribution is 0.501. The summed E-state index contributed by atoms with van der Waals surface area (Å²) in [5.41, 5.74) is 4.09. The van der Waals surface area contributed by atoms with Gasteiger partial charge in [0.05, 0.1) is 0 Å². The maximum absolute atomic E-state index is 5.51. The van der Waals surface area contributed by atoms with Gasteiger partial charge in [-0.05, 0) is 24.8 Å². The van der Waals surface area contributed by atoms with Crippen molar-refractivity contribution in [2.75, 3.05) is 0 Å². The van der Waals surface area contributed by atoms with Crippen molar-refractivity contribution in [1.29, 1.82) is 0 Å². The van der Waals surface area contributed by atoms with Crippen LogP contribution in [0.3, 0.4) is 0 Å². The van der Waals surface area contributed by atoms with Crippen molar-refractivity contribution in [2.45, 2.75) is 25.3 Å². The van der Waals surface area contributed by atoms with Gasteiger partial charge in [-0.2, -0.15) is 0 Å². The Kier molecular flexibility index (Phi) is 4.97. The lowest BCUT2D eigenvalue weighted by Gasteiger charge is -2.15. The first-order valence-corrected chi connectivity index (χ1v) is 5.00. The first kappa shape index (κ1) is 11.0. The summed E-state index contributed by atoms with van der Waals surface area (Å²) in [4.78, 5) is 0. The molecule has 1 aromatic carbocycles. The molecule has 0 saturated carbocycles. The van der Waals surface area contributed by atoms with Crippen LogP contribution in [0.15, 0.2) is 43.0 Å². The average molecular weight is 190 g/mol. The zero-order valence-electron chi connectivity index (χ0n) is 8.45. The van der Waals surface area contributed by atoms with Gasteiger partial charge >= 0.3 is 0 Å². The number of allylic oxidation sites excluding steroid dienone is 1. The van der Waals surface area contributed by atoms with Crippen molar-refractivity contribution >= 4 is 0 Å². The number of hydrazine groups is 1. The van der Waals surface area contributed by atoms with E-state index in [-0.39, 0.29) is 6.04 Å². The van der Waals surface area contributed by atoms with Gasteiger partial charge in [0.25, 0.3) is 0 Å². The molecule has 2 heteroatoms. The monoisotopic (exact) mass is 190 g/mol. The van der Waals surface area contributed by atoms with E-state index in [4.69, 9.17) is 5.84 Å². The molecule has 0 amide bonds. The van der Waals surface area contributed by atoms with Crippen LogP contribution in [-0.4, -0.2) is 0 Å². The van der Waals surface area contributed by atoms with Crippen molar-refractivity contribution in [3.05, 3.63) is 48.6 Å².